The van der Waals surface area contributed by atoms with Crippen LogP contribution in [0.4, 0.5) is 0 Å². The van der Waals surface area contributed by atoms with Crippen LogP contribution in [-0.2, 0) is 13.0 Å². The van der Waals surface area contributed by atoms with Gasteiger partial charge in [-0.2, -0.15) is 0 Å². The average Bonchev–Trinajstić information content (AvgIpc) is 2.86. The summed E-state index contributed by atoms with van der Waals surface area (Å²) in [5, 5.41) is 4.95. The normalized spacial score (nSPS) is 18.4. The number of para-hydroxylation sites is 1. The van der Waals surface area contributed by atoms with Crippen molar-refractivity contribution in [3.8, 4) is 0 Å². The van der Waals surface area contributed by atoms with Crippen molar-refractivity contribution in [1.82, 2.24) is 15.3 Å². The second kappa shape index (κ2) is 4.21. The van der Waals surface area contributed by atoms with Crippen LogP contribution in [0.25, 0.3) is 10.9 Å². The molecule has 0 fully saturated rings. The Morgan fingerprint density at radius 1 is 1.11 bits per heavy atom. The number of benzene rings is 1. The largest absolute Gasteiger partial charge is 0.358 e. The van der Waals surface area contributed by atoms with Gasteiger partial charge in [-0.25, -0.2) is 0 Å². The van der Waals surface area contributed by atoms with Gasteiger partial charge in [-0.3, -0.25) is 4.98 Å². The van der Waals surface area contributed by atoms with Crippen molar-refractivity contribution in [2.24, 2.45) is 0 Å². The highest BCUT2D eigenvalue weighted by molar-refractivity contribution is 5.84. The van der Waals surface area contributed by atoms with E-state index in [1.807, 2.05) is 18.5 Å². The molecule has 4 rings (SSSR count). The van der Waals surface area contributed by atoms with Crippen molar-refractivity contribution in [2.45, 2.75) is 19.0 Å². The first kappa shape index (κ1) is 10.8. The SMILES string of the molecule is c1cncc(C2Cc3[nH]c4ccccc4c3CN2)c1. The molecule has 1 unspecified atom stereocenters. The number of H-pyrrole nitrogens is 1. The van der Waals surface area contributed by atoms with E-state index >= 15 is 0 Å². The zero-order valence-electron chi connectivity index (χ0n) is 10.6. The summed E-state index contributed by atoms with van der Waals surface area (Å²) >= 11 is 0. The molecule has 0 radical (unpaired) electrons. The lowest BCUT2D eigenvalue weighted by Gasteiger charge is -2.24. The number of nitrogens with zero attached hydrogens (tertiary/aromatic N) is 1. The summed E-state index contributed by atoms with van der Waals surface area (Å²) in [5.74, 6) is 0. The lowest BCUT2D eigenvalue weighted by atomic mass is 9.96. The number of aromatic amines is 1. The van der Waals surface area contributed by atoms with Crippen LogP contribution >= 0.6 is 0 Å². The third-order valence-electron chi connectivity index (χ3n) is 3.92. The second-order valence-corrected chi connectivity index (χ2v) is 5.05. The second-order valence-electron chi connectivity index (χ2n) is 5.05. The lowest BCUT2D eigenvalue weighted by Crippen LogP contribution is -2.28. The Morgan fingerprint density at radius 2 is 2.05 bits per heavy atom. The molecule has 19 heavy (non-hydrogen) atoms. The molecule has 3 nitrogen and oxygen atoms in total. The van der Waals surface area contributed by atoms with Crippen molar-refractivity contribution in [1.29, 1.82) is 0 Å². The Bertz CT molecular complexity index is 715. The van der Waals surface area contributed by atoms with Crippen molar-refractivity contribution in [3.63, 3.8) is 0 Å². The molecule has 0 amide bonds. The van der Waals surface area contributed by atoms with E-state index in [1.165, 1.54) is 27.7 Å². The van der Waals surface area contributed by atoms with Gasteiger partial charge in [-0.1, -0.05) is 24.3 Å². The van der Waals surface area contributed by atoms with Crippen LogP contribution in [0.5, 0.6) is 0 Å². The Hall–Kier alpha value is -2.13. The Balaban J connectivity index is 1.74. The molecule has 3 heterocycles. The molecule has 0 bridgehead atoms. The molecule has 0 saturated carbocycles. The molecule has 1 aliphatic heterocycles. The fraction of sp³-hybridized carbons (Fsp3) is 0.188. The Kier molecular flexibility index (Phi) is 2.38. The van der Waals surface area contributed by atoms with E-state index in [2.05, 4.69) is 45.6 Å². The third kappa shape index (κ3) is 1.74. The standard InChI is InChI=1S/C16H15N3/c1-2-6-14-12(5-1)13-10-18-15(8-16(13)19-14)11-4-3-7-17-9-11/h1-7,9,15,18-19H,8,10H2. The van der Waals surface area contributed by atoms with Gasteiger partial charge in [0.25, 0.3) is 0 Å². The molecular formula is C16H15N3. The predicted octanol–water partition coefficient (Wildman–Crippen LogP) is 2.95. The first-order valence-corrected chi connectivity index (χ1v) is 6.63. The zero-order valence-corrected chi connectivity index (χ0v) is 10.6. The third-order valence-corrected chi connectivity index (χ3v) is 3.92. The summed E-state index contributed by atoms with van der Waals surface area (Å²) in [4.78, 5) is 7.76. The van der Waals surface area contributed by atoms with Gasteiger partial charge in [0.2, 0.25) is 0 Å². The topological polar surface area (TPSA) is 40.7 Å². The summed E-state index contributed by atoms with van der Waals surface area (Å²) in [5.41, 5.74) is 5.26. The van der Waals surface area contributed by atoms with E-state index in [-0.39, 0.29) is 0 Å². The first-order valence-electron chi connectivity index (χ1n) is 6.63. The quantitative estimate of drug-likeness (QED) is 0.696. The molecule has 1 atom stereocenters. The van der Waals surface area contributed by atoms with Gasteiger partial charge in [-0.05, 0) is 23.3 Å². The highest BCUT2D eigenvalue weighted by atomic mass is 14.9. The molecule has 2 N–H and O–H groups in total. The first-order chi connectivity index (χ1) is 9.42. The molecule has 0 spiro atoms. The van der Waals surface area contributed by atoms with Gasteiger partial charge in [0.15, 0.2) is 0 Å². The van der Waals surface area contributed by atoms with Crippen LogP contribution in [0.15, 0.2) is 48.8 Å². The van der Waals surface area contributed by atoms with Crippen molar-refractivity contribution in [2.75, 3.05) is 0 Å². The van der Waals surface area contributed by atoms with E-state index in [4.69, 9.17) is 0 Å². The van der Waals surface area contributed by atoms with Gasteiger partial charge >= 0.3 is 0 Å². The van der Waals surface area contributed by atoms with Crippen molar-refractivity contribution < 1.29 is 0 Å². The lowest BCUT2D eigenvalue weighted by molar-refractivity contribution is 0.495. The predicted molar refractivity (Wildman–Crippen MR) is 75.8 cm³/mol. The molecule has 0 aliphatic carbocycles. The van der Waals surface area contributed by atoms with Gasteiger partial charge in [-0.15, -0.1) is 0 Å². The fourth-order valence-electron chi connectivity index (χ4n) is 2.95. The number of rotatable bonds is 1. The smallest absolute Gasteiger partial charge is 0.0459 e. The van der Waals surface area contributed by atoms with Crippen LogP contribution in [0.2, 0.25) is 0 Å². The molecule has 3 heteroatoms. The average molecular weight is 249 g/mol. The maximum Gasteiger partial charge on any atom is 0.0459 e. The van der Waals surface area contributed by atoms with Crippen LogP contribution in [0, 0.1) is 0 Å². The zero-order chi connectivity index (χ0) is 12.7. The van der Waals surface area contributed by atoms with Crippen LogP contribution < -0.4 is 5.32 Å². The van der Waals surface area contributed by atoms with E-state index in [0.29, 0.717) is 6.04 Å². The highest BCUT2D eigenvalue weighted by Crippen LogP contribution is 2.30. The fourth-order valence-corrected chi connectivity index (χ4v) is 2.95. The number of nitrogens with one attached hydrogen (secondary N) is 2. The number of pyridine rings is 1. The maximum atomic E-state index is 4.21. The van der Waals surface area contributed by atoms with Crippen molar-refractivity contribution >= 4 is 10.9 Å². The molecular weight excluding hydrogens is 234 g/mol. The highest BCUT2D eigenvalue weighted by Gasteiger charge is 2.22. The minimum atomic E-state index is 0.356. The molecule has 1 aromatic carbocycles. The molecule has 94 valence electrons. The molecule has 0 saturated heterocycles. The molecule has 1 aliphatic rings. The van der Waals surface area contributed by atoms with Gasteiger partial charge < -0.3 is 10.3 Å². The maximum absolute atomic E-state index is 4.21. The number of fused-ring (bicyclic) bond motifs is 3. The van der Waals surface area contributed by atoms with Gasteiger partial charge in [0.1, 0.15) is 0 Å². The molecule has 3 aromatic rings. The van der Waals surface area contributed by atoms with Crippen molar-refractivity contribution in [3.05, 3.63) is 65.6 Å². The summed E-state index contributed by atoms with van der Waals surface area (Å²) in [7, 11) is 0. The Labute approximate surface area is 111 Å². The van der Waals surface area contributed by atoms with Crippen LogP contribution in [0.3, 0.4) is 0 Å². The van der Waals surface area contributed by atoms with E-state index in [1.54, 1.807) is 0 Å². The van der Waals surface area contributed by atoms with Gasteiger partial charge in [0, 0.05) is 48.0 Å². The monoisotopic (exact) mass is 249 g/mol. The van der Waals surface area contributed by atoms with E-state index in [9.17, 15) is 0 Å². The Morgan fingerprint density at radius 3 is 2.95 bits per heavy atom. The summed E-state index contributed by atoms with van der Waals surface area (Å²) < 4.78 is 0. The minimum absolute atomic E-state index is 0.356. The van der Waals surface area contributed by atoms with Gasteiger partial charge in [0.05, 0.1) is 0 Å². The number of hydrogen-bond acceptors (Lipinski definition) is 2. The summed E-state index contributed by atoms with van der Waals surface area (Å²) in [6.07, 6.45) is 4.77. The minimum Gasteiger partial charge on any atom is -0.358 e. The molecule has 2 aromatic heterocycles. The van der Waals surface area contributed by atoms with E-state index in [0.717, 1.165) is 13.0 Å². The van der Waals surface area contributed by atoms with Crippen LogP contribution in [0.1, 0.15) is 22.9 Å². The van der Waals surface area contributed by atoms with Crippen LogP contribution in [-0.4, -0.2) is 9.97 Å². The number of aromatic nitrogens is 2. The van der Waals surface area contributed by atoms with E-state index < -0.39 is 0 Å². The summed E-state index contributed by atoms with van der Waals surface area (Å²) in [6.45, 7) is 0.916. The summed E-state index contributed by atoms with van der Waals surface area (Å²) in [6, 6.07) is 13.0. The number of hydrogen-bond donors (Lipinski definition) is 2.